The molecule has 0 aromatic rings. The number of alkyl halides is 1. The van der Waals surface area contributed by atoms with E-state index < -0.39 is 26.5 Å². The summed E-state index contributed by atoms with van der Waals surface area (Å²) in [6.07, 6.45) is 0.258. The summed E-state index contributed by atoms with van der Waals surface area (Å²) < 4.78 is 31.9. The number of carbonyl (C=O) groups excluding carboxylic acids is 1. The first-order valence-electron chi connectivity index (χ1n) is 4.03. The molecule has 2 fully saturated rings. The Morgan fingerprint density at radius 3 is 2.64 bits per heavy atom. The lowest BCUT2D eigenvalue weighted by molar-refractivity contribution is -0.143. The third kappa shape index (κ3) is 1.17. The van der Waals surface area contributed by atoms with Crippen molar-refractivity contribution in [3.63, 3.8) is 0 Å². The first-order chi connectivity index (χ1) is 6.35. The molecule has 80 valence electrons. The molecule has 0 aromatic carbocycles. The monoisotopic (exact) mass is 240 g/mol. The zero-order valence-electron chi connectivity index (χ0n) is 7.45. The maximum atomic E-state index is 11.2. The van der Waals surface area contributed by atoms with Gasteiger partial charge >= 0.3 is 5.97 Å². The maximum absolute atomic E-state index is 11.2. The van der Waals surface area contributed by atoms with Crippen molar-refractivity contribution in [2.75, 3.05) is 18.6 Å². The number of epoxide rings is 1. The van der Waals surface area contributed by atoms with Crippen LogP contribution in [0, 0.1) is 0 Å². The van der Waals surface area contributed by atoms with Crippen LogP contribution in [-0.4, -0.2) is 43.7 Å². The summed E-state index contributed by atoms with van der Waals surface area (Å²) in [5, 5.41) is -1.58. The molecule has 1 spiro atoms. The highest BCUT2D eigenvalue weighted by Gasteiger charge is 2.78. The molecule has 2 atom stereocenters. The summed E-state index contributed by atoms with van der Waals surface area (Å²) in [6.45, 7) is 0. The molecule has 2 aliphatic rings. The minimum Gasteiger partial charge on any atom is -0.466 e. The Kier molecular flexibility index (Phi) is 1.91. The number of sulfone groups is 1. The number of rotatable bonds is 1. The van der Waals surface area contributed by atoms with Crippen molar-refractivity contribution in [2.24, 2.45) is 0 Å². The second kappa shape index (κ2) is 2.62. The predicted octanol–water partition coefficient (Wildman–Crippen LogP) is -0.318. The number of carbonyl (C=O) groups is 1. The molecule has 7 heteroatoms. The van der Waals surface area contributed by atoms with E-state index in [9.17, 15) is 13.2 Å². The fourth-order valence-electron chi connectivity index (χ4n) is 1.76. The molecule has 2 rings (SSSR count). The highest BCUT2D eigenvalue weighted by molar-refractivity contribution is 7.91. The van der Waals surface area contributed by atoms with E-state index in [1.807, 2.05) is 0 Å². The zero-order valence-corrected chi connectivity index (χ0v) is 9.02. The summed E-state index contributed by atoms with van der Waals surface area (Å²) in [7, 11) is -1.94. The lowest BCUT2D eigenvalue weighted by atomic mass is 10.1. The molecular formula is C7H9ClO5S. The van der Waals surface area contributed by atoms with Crippen LogP contribution in [0.15, 0.2) is 0 Å². The van der Waals surface area contributed by atoms with Crippen LogP contribution in [0.25, 0.3) is 0 Å². The highest BCUT2D eigenvalue weighted by Crippen LogP contribution is 2.57. The predicted molar refractivity (Wildman–Crippen MR) is 47.7 cm³/mol. The lowest BCUT2D eigenvalue weighted by Gasteiger charge is -2.04. The molecule has 2 heterocycles. The van der Waals surface area contributed by atoms with Crippen molar-refractivity contribution in [3.05, 3.63) is 0 Å². The molecule has 0 radical (unpaired) electrons. The highest BCUT2D eigenvalue weighted by atomic mass is 35.5. The Labute approximate surface area is 86.2 Å². The molecule has 2 saturated heterocycles. The number of hydrogen-bond acceptors (Lipinski definition) is 5. The van der Waals surface area contributed by atoms with Crippen molar-refractivity contribution in [1.29, 1.82) is 0 Å². The van der Waals surface area contributed by atoms with Gasteiger partial charge in [-0.25, -0.2) is 13.2 Å². The van der Waals surface area contributed by atoms with Gasteiger partial charge in [-0.1, -0.05) is 11.6 Å². The van der Waals surface area contributed by atoms with E-state index in [-0.39, 0.29) is 17.9 Å². The summed E-state index contributed by atoms with van der Waals surface area (Å²) in [5.74, 6) is -0.909. The van der Waals surface area contributed by atoms with Gasteiger partial charge in [-0.2, -0.15) is 0 Å². The van der Waals surface area contributed by atoms with E-state index in [0.29, 0.717) is 0 Å². The van der Waals surface area contributed by atoms with E-state index in [4.69, 9.17) is 16.3 Å². The maximum Gasteiger partial charge on any atom is 0.357 e. The molecule has 0 aliphatic carbocycles. The molecule has 0 bridgehead atoms. The fourth-order valence-corrected chi connectivity index (χ4v) is 4.12. The quantitative estimate of drug-likeness (QED) is 0.357. The van der Waals surface area contributed by atoms with E-state index in [2.05, 4.69) is 4.74 Å². The van der Waals surface area contributed by atoms with Gasteiger partial charge in [-0.05, 0) is 6.42 Å². The number of esters is 1. The fraction of sp³-hybridized carbons (Fsp3) is 0.857. The van der Waals surface area contributed by atoms with Crippen LogP contribution in [-0.2, 0) is 24.1 Å². The van der Waals surface area contributed by atoms with E-state index in [1.165, 1.54) is 7.11 Å². The molecule has 0 saturated carbocycles. The first-order valence-corrected chi connectivity index (χ1v) is 6.23. The van der Waals surface area contributed by atoms with E-state index in [1.54, 1.807) is 0 Å². The summed E-state index contributed by atoms with van der Waals surface area (Å²) in [5.41, 5.74) is -1.04. The minimum absolute atomic E-state index is 0.0124. The van der Waals surface area contributed by atoms with Gasteiger partial charge < -0.3 is 9.47 Å². The zero-order chi connectivity index (χ0) is 10.6. The minimum atomic E-state index is -3.12. The van der Waals surface area contributed by atoms with Gasteiger partial charge in [0.15, 0.2) is 9.84 Å². The Balaban J connectivity index is 2.22. The van der Waals surface area contributed by atoms with Gasteiger partial charge in [0.2, 0.25) is 0 Å². The smallest absolute Gasteiger partial charge is 0.357 e. The van der Waals surface area contributed by atoms with Gasteiger partial charge in [0, 0.05) is 0 Å². The van der Waals surface area contributed by atoms with E-state index >= 15 is 0 Å². The second-order valence-corrected chi connectivity index (χ2v) is 6.24. The van der Waals surface area contributed by atoms with Crippen molar-refractivity contribution < 1.29 is 22.7 Å². The van der Waals surface area contributed by atoms with Gasteiger partial charge in [-0.15, -0.1) is 0 Å². The van der Waals surface area contributed by atoms with Gasteiger partial charge in [0.25, 0.3) is 5.06 Å². The molecule has 0 N–H and O–H groups in total. The van der Waals surface area contributed by atoms with Crippen molar-refractivity contribution in [2.45, 2.75) is 17.1 Å². The average molecular weight is 241 g/mol. The van der Waals surface area contributed by atoms with Crippen molar-refractivity contribution in [1.82, 2.24) is 0 Å². The Bertz CT molecular complexity index is 391. The third-order valence-corrected chi connectivity index (χ3v) is 4.91. The molecule has 5 nitrogen and oxygen atoms in total. The molecule has 2 unspecified atom stereocenters. The SMILES string of the molecule is COC(=O)C1(Cl)OC12CCS(=O)(=O)C2. The summed E-state index contributed by atoms with van der Waals surface area (Å²) >= 11 is 5.82. The molecule has 0 amide bonds. The number of halogens is 1. The normalized spacial score (nSPS) is 43.9. The van der Waals surface area contributed by atoms with Crippen LogP contribution in [0.5, 0.6) is 0 Å². The van der Waals surface area contributed by atoms with Gasteiger partial charge in [0.05, 0.1) is 18.6 Å². The molecular weight excluding hydrogens is 232 g/mol. The van der Waals surface area contributed by atoms with Crippen molar-refractivity contribution >= 4 is 27.4 Å². The number of hydrogen-bond donors (Lipinski definition) is 0. The van der Waals surface area contributed by atoms with Crippen LogP contribution in [0.1, 0.15) is 6.42 Å². The average Bonchev–Trinajstić information content (AvgIpc) is 2.53. The lowest BCUT2D eigenvalue weighted by Crippen LogP contribution is -2.31. The standard InChI is InChI=1S/C7H9ClO5S/c1-12-5(9)7(8)6(13-7)2-3-14(10,11)4-6/h2-4H2,1H3. The summed E-state index contributed by atoms with van der Waals surface area (Å²) in [4.78, 5) is 11.2. The number of methoxy groups -OCH3 is 1. The van der Waals surface area contributed by atoms with Gasteiger partial charge in [0.1, 0.15) is 5.60 Å². The Morgan fingerprint density at radius 2 is 2.21 bits per heavy atom. The Morgan fingerprint density at radius 1 is 1.57 bits per heavy atom. The van der Waals surface area contributed by atoms with E-state index in [0.717, 1.165) is 0 Å². The molecule has 0 aromatic heterocycles. The molecule has 14 heavy (non-hydrogen) atoms. The Hall–Kier alpha value is -0.330. The second-order valence-electron chi connectivity index (χ2n) is 3.53. The van der Waals surface area contributed by atoms with Crippen LogP contribution < -0.4 is 0 Å². The number of ether oxygens (including phenoxy) is 2. The van der Waals surface area contributed by atoms with Gasteiger partial charge in [-0.3, -0.25) is 0 Å². The van der Waals surface area contributed by atoms with Crippen LogP contribution in [0.4, 0.5) is 0 Å². The molecule has 2 aliphatic heterocycles. The third-order valence-electron chi connectivity index (χ3n) is 2.60. The first kappa shape index (κ1) is 10.2. The van der Waals surface area contributed by atoms with Crippen LogP contribution in [0.3, 0.4) is 0 Å². The largest absolute Gasteiger partial charge is 0.466 e. The van der Waals surface area contributed by atoms with Crippen molar-refractivity contribution in [3.8, 4) is 0 Å². The topological polar surface area (TPSA) is 73.0 Å². The van der Waals surface area contributed by atoms with Crippen LogP contribution >= 0.6 is 11.6 Å². The summed E-state index contributed by atoms with van der Waals surface area (Å²) in [6, 6.07) is 0. The van der Waals surface area contributed by atoms with Crippen LogP contribution in [0.2, 0.25) is 0 Å².